The average Bonchev–Trinajstić information content (AvgIpc) is 3.76. The van der Waals surface area contributed by atoms with Crippen LogP contribution >= 0.6 is 0 Å². The van der Waals surface area contributed by atoms with E-state index in [1.54, 1.807) is 12.3 Å². The molecule has 7 rings (SSSR count). The molecule has 1 saturated carbocycles. The van der Waals surface area contributed by atoms with Crippen LogP contribution in [0.4, 0.5) is 20.4 Å². The van der Waals surface area contributed by atoms with Crippen LogP contribution in [-0.4, -0.2) is 54.5 Å². The molecule has 5 heterocycles. The highest BCUT2D eigenvalue weighted by Gasteiger charge is 2.37. The summed E-state index contributed by atoms with van der Waals surface area (Å²) in [6.45, 7) is 2.94. The molecule has 3 aromatic heterocycles. The highest BCUT2D eigenvalue weighted by Crippen LogP contribution is 2.48. The molecule has 0 bridgehead atoms. The van der Waals surface area contributed by atoms with Crippen molar-refractivity contribution in [3.63, 3.8) is 0 Å². The molecule has 1 aliphatic carbocycles. The van der Waals surface area contributed by atoms with E-state index in [-0.39, 0.29) is 18.7 Å². The number of carbonyl (C=O) groups is 1. The number of hydrogen-bond acceptors (Lipinski definition) is 9. The van der Waals surface area contributed by atoms with Gasteiger partial charge >= 0.3 is 0 Å². The zero-order valence-corrected chi connectivity index (χ0v) is 23.9. The van der Waals surface area contributed by atoms with E-state index in [0.717, 1.165) is 35.5 Å². The molecule has 10 nitrogen and oxygen atoms in total. The first-order valence-corrected chi connectivity index (χ1v) is 15.5. The Bertz CT molecular complexity index is 1890. The largest absolute Gasteiger partial charge is 0.489 e. The van der Waals surface area contributed by atoms with Crippen LogP contribution in [0.2, 0.25) is 0 Å². The summed E-state index contributed by atoms with van der Waals surface area (Å²) in [6.07, 6.45) is 2.33. The number of amides is 1. The van der Waals surface area contributed by atoms with Gasteiger partial charge in [0.15, 0.2) is 23.1 Å². The number of ether oxygens (including phenoxy) is 2. The number of carbonyl (C=O) groups excluding carboxylic acids is 1. The number of halogens is 2. The van der Waals surface area contributed by atoms with Crippen molar-refractivity contribution in [1.29, 1.82) is 0 Å². The topological polar surface area (TPSA) is 124 Å². The van der Waals surface area contributed by atoms with E-state index in [9.17, 15) is 22.0 Å². The van der Waals surface area contributed by atoms with Crippen molar-refractivity contribution in [2.24, 2.45) is 5.92 Å². The average molecular weight is 608 g/mol. The van der Waals surface area contributed by atoms with E-state index in [4.69, 9.17) is 19.4 Å². The fourth-order valence-corrected chi connectivity index (χ4v) is 6.83. The van der Waals surface area contributed by atoms with Gasteiger partial charge in [0.05, 0.1) is 30.9 Å². The molecule has 4 aromatic rings. The number of aromatic nitrogens is 3. The van der Waals surface area contributed by atoms with Crippen LogP contribution in [0.25, 0.3) is 10.9 Å². The molecule has 13 heteroatoms. The number of benzene rings is 1. The van der Waals surface area contributed by atoms with Crippen molar-refractivity contribution in [2.45, 2.75) is 42.6 Å². The number of alkyl halides is 1. The Morgan fingerprint density at radius 1 is 1.12 bits per heavy atom. The Morgan fingerprint density at radius 3 is 2.77 bits per heavy atom. The highest BCUT2D eigenvalue weighted by molar-refractivity contribution is 7.92. The Morgan fingerprint density at radius 2 is 1.95 bits per heavy atom. The number of nitrogens with one attached hydrogen (secondary N) is 1. The van der Waals surface area contributed by atoms with Crippen molar-refractivity contribution in [1.82, 2.24) is 20.3 Å². The number of fused-ring (bicyclic) bond motifs is 3. The van der Waals surface area contributed by atoms with Crippen LogP contribution in [0, 0.1) is 11.7 Å². The lowest BCUT2D eigenvalue weighted by molar-refractivity contribution is 0.0949. The fourth-order valence-electron chi connectivity index (χ4n) is 5.44. The van der Waals surface area contributed by atoms with Crippen LogP contribution in [0.5, 0.6) is 11.5 Å². The van der Waals surface area contributed by atoms with Gasteiger partial charge in [-0.15, -0.1) is 0 Å². The number of sulfone groups is 1. The van der Waals surface area contributed by atoms with Crippen molar-refractivity contribution in [2.75, 3.05) is 24.7 Å². The van der Waals surface area contributed by atoms with Crippen molar-refractivity contribution < 1.29 is 31.5 Å². The third kappa shape index (κ3) is 5.01. The second-order valence-electron chi connectivity index (χ2n) is 11.0. The van der Waals surface area contributed by atoms with Gasteiger partial charge in [0.1, 0.15) is 17.3 Å². The zero-order valence-electron chi connectivity index (χ0n) is 23.1. The van der Waals surface area contributed by atoms with Gasteiger partial charge in [-0.05, 0) is 54.8 Å². The second-order valence-corrected chi connectivity index (χ2v) is 13.0. The highest BCUT2D eigenvalue weighted by atomic mass is 32.2. The summed E-state index contributed by atoms with van der Waals surface area (Å²) in [7, 11) is -4.51. The standard InChI is InChI=1S/C30H27F2N5O5S/c1-16-10-20(16)22-3-4-24-29(36-22)37(7-9-41-24)27-5-2-17-14-33-19(13-23(17)35-27)15-34-30(38)18-11-21(31)28-25(12-18)43(39,40)26(32)6-8-42-28/h2-5,11-14,16,20,26H,6-10,15H2,1H3,(H,34,38)/t16-,20-,26+/m0/s1. The number of nitrogens with zero attached hydrogens (tertiary/aromatic N) is 4. The fraction of sp³-hybridized carbons (Fsp3) is 0.333. The molecule has 1 amide bonds. The van der Waals surface area contributed by atoms with E-state index in [0.29, 0.717) is 47.8 Å². The SMILES string of the molecule is C[C@H]1C[C@@H]1c1ccc2c(n1)N(c1ccc3cnc(CNC(=O)c4cc(F)c5c(c4)S(=O)(=O)[C@@H](F)CCO5)cc3n1)CCO2. The molecule has 0 spiro atoms. The summed E-state index contributed by atoms with van der Waals surface area (Å²) in [4.78, 5) is 28.4. The molecular weight excluding hydrogens is 580 g/mol. The van der Waals surface area contributed by atoms with Crippen LogP contribution in [0.1, 0.15) is 47.4 Å². The number of rotatable bonds is 5. The van der Waals surface area contributed by atoms with Gasteiger partial charge in [0, 0.05) is 35.2 Å². The van der Waals surface area contributed by atoms with E-state index in [1.807, 2.05) is 29.2 Å². The van der Waals surface area contributed by atoms with Gasteiger partial charge in [0.2, 0.25) is 15.3 Å². The summed E-state index contributed by atoms with van der Waals surface area (Å²) < 4.78 is 65.0. The summed E-state index contributed by atoms with van der Waals surface area (Å²) in [5.41, 5.74) is -0.363. The van der Waals surface area contributed by atoms with E-state index in [2.05, 4.69) is 17.2 Å². The molecule has 0 radical (unpaired) electrons. The van der Waals surface area contributed by atoms with Crippen molar-refractivity contribution >= 4 is 38.3 Å². The number of hydrogen-bond donors (Lipinski definition) is 1. The Hall–Kier alpha value is -4.39. The summed E-state index contributed by atoms with van der Waals surface area (Å²) in [5.74, 6) is 0.829. The lowest BCUT2D eigenvalue weighted by atomic mass is 10.2. The minimum absolute atomic E-state index is 0.0424. The predicted molar refractivity (Wildman–Crippen MR) is 153 cm³/mol. The monoisotopic (exact) mass is 607 g/mol. The minimum Gasteiger partial charge on any atom is -0.489 e. The number of pyridine rings is 3. The first-order chi connectivity index (χ1) is 20.7. The maximum atomic E-state index is 14.7. The molecule has 1 fully saturated rings. The number of anilines is 2. The maximum Gasteiger partial charge on any atom is 0.251 e. The van der Waals surface area contributed by atoms with Crippen molar-refractivity contribution in [3.05, 3.63) is 71.4 Å². The normalized spacial score (nSPS) is 22.0. The lowest BCUT2D eigenvalue weighted by Gasteiger charge is -2.29. The minimum atomic E-state index is -4.51. The summed E-state index contributed by atoms with van der Waals surface area (Å²) in [5, 5.41) is 3.41. The van der Waals surface area contributed by atoms with Crippen LogP contribution in [0.15, 0.2) is 53.6 Å². The van der Waals surface area contributed by atoms with Crippen molar-refractivity contribution in [3.8, 4) is 11.5 Å². The first kappa shape index (κ1) is 27.4. The zero-order chi connectivity index (χ0) is 29.9. The summed E-state index contributed by atoms with van der Waals surface area (Å²) >= 11 is 0. The van der Waals surface area contributed by atoms with E-state index >= 15 is 0 Å². The third-order valence-electron chi connectivity index (χ3n) is 8.01. The quantitative estimate of drug-likeness (QED) is 0.347. The molecule has 43 heavy (non-hydrogen) atoms. The molecular formula is C30H27F2N5O5S. The van der Waals surface area contributed by atoms with E-state index < -0.39 is 44.1 Å². The van der Waals surface area contributed by atoms with E-state index in [1.165, 1.54) is 0 Å². The van der Waals surface area contributed by atoms with Gasteiger partial charge in [-0.3, -0.25) is 9.78 Å². The molecule has 0 unspecified atom stereocenters. The lowest BCUT2D eigenvalue weighted by Crippen LogP contribution is -2.30. The maximum absolute atomic E-state index is 14.7. The van der Waals surface area contributed by atoms with Crippen LogP contribution in [-0.2, 0) is 16.4 Å². The van der Waals surface area contributed by atoms with Gasteiger partial charge in [-0.25, -0.2) is 27.2 Å². The Kier molecular flexibility index (Phi) is 6.64. The van der Waals surface area contributed by atoms with Gasteiger partial charge in [-0.2, -0.15) is 0 Å². The third-order valence-corrected chi connectivity index (χ3v) is 9.83. The van der Waals surface area contributed by atoms with Gasteiger partial charge < -0.3 is 19.7 Å². The smallest absolute Gasteiger partial charge is 0.251 e. The Labute approximate surface area is 246 Å². The first-order valence-electron chi connectivity index (χ1n) is 14.0. The second kappa shape index (κ2) is 10.4. The predicted octanol–water partition coefficient (Wildman–Crippen LogP) is 4.60. The molecule has 3 atom stereocenters. The van der Waals surface area contributed by atoms with Gasteiger partial charge in [0.25, 0.3) is 5.91 Å². The molecule has 0 saturated heterocycles. The van der Waals surface area contributed by atoms with Crippen LogP contribution < -0.4 is 19.7 Å². The summed E-state index contributed by atoms with van der Waals surface area (Å²) in [6, 6.07) is 11.4. The molecule has 1 N–H and O–H groups in total. The molecule has 1 aromatic carbocycles. The Balaban J connectivity index is 1.12. The van der Waals surface area contributed by atoms with Crippen LogP contribution in [0.3, 0.4) is 0 Å². The van der Waals surface area contributed by atoms with Gasteiger partial charge in [-0.1, -0.05) is 6.92 Å². The molecule has 2 aliphatic heterocycles. The molecule has 3 aliphatic rings. The molecule has 222 valence electrons.